The fourth-order valence-corrected chi connectivity index (χ4v) is 5.21. The smallest absolute Gasteiger partial charge is 0.318 e. The van der Waals surface area contributed by atoms with E-state index in [1.165, 1.54) is 23.3 Å². The molecule has 2 amide bonds. The van der Waals surface area contributed by atoms with E-state index < -0.39 is 0 Å². The summed E-state index contributed by atoms with van der Waals surface area (Å²) in [6.07, 6.45) is 8.77. The third-order valence-electron chi connectivity index (χ3n) is 6.34. The van der Waals surface area contributed by atoms with Crippen molar-refractivity contribution in [1.29, 1.82) is 0 Å². The van der Waals surface area contributed by atoms with Gasteiger partial charge in [0.15, 0.2) is 0 Å². The molecule has 4 nitrogen and oxygen atoms in total. The van der Waals surface area contributed by atoms with E-state index in [2.05, 4.69) is 83.0 Å². The van der Waals surface area contributed by atoms with E-state index in [9.17, 15) is 4.79 Å². The van der Waals surface area contributed by atoms with Crippen LogP contribution in [-0.2, 0) is 6.54 Å². The SMILES string of the molecule is CSc1ccc([C@H]2c3cccn3-c3ccccc3CN2C(=O)NC2CCCC2)cc1. The van der Waals surface area contributed by atoms with Gasteiger partial charge in [-0.1, -0.05) is 43.2 Å². The number of fused-ring (bicyclic) bond motifs is 3. The molecule has 1 aromatic heterocycles. The lowest BCUT2D eigenvalue weighted by Gasteiger charge is -2.32. The number of para-hydroxylation sites is 1. The largest absolute Gasteiger partial charge is 0.335 e. The summed E-state index contributed by atoms with van der Waals surface area (Å²) in [6, 6.07) is 21.5. The van der Waals surface area contributed by atoms with Gasteiger partial charge in [0, 0.05) is 22.8 Å². The van der Waals surface area contributed by atoms with Crippen LogP contribution in [0.3, 0.4) is 0 Å². The maximum atomic E-state index is 13.6. The molecule has 0 bridgehead atoms. The topological polar surface area (TPSA) is 37.3 Å². The molecule has 2 aromatic carbocycles. The summed E-state index contributed by atoms with van der Waals surface area (Å²) >= 11 is 1.74. The number of urea groups is 1. The fourth-order valence-electron chi connectivity index (χ4n) is 4.80. The third kappa shape index (κ3) is 3.52. The number of aromatic nitrogens is 1. The second kappa shape index (κ2) is 8.23. The summed E-state index contributed by atoms with van der Waals surface area (Å²) in [7, 11) is 0. The first kappa shape index (κ1) is 19.3. The zero-order valence-corrected chi connectivity index (χ0v) is 18.1. The van der Waals surface area contributed by atoms with E-state index in [0.717, 1.165) is 29.8 Å². The Morgan fingerprint density at radius 2 is 1.77 bits per heavy atom. The van der Waals surface area contributed by atoms with Crippen LogP contribution in [-0.4, -0.2) is 27.8 Å². The Morgan fingerprint density at radius 1 is 1.00 bits per heavy atom. The summed E-state index contributed by atoms with van der Waals surface area (Å²) in [5.74, 6) is 0. The van der Waals surface area contributed by atoms with Gasteiger partial charge in [0.2, 0.25) is 0 Å². The van der Waals surface area contributed by atoms with Gasteiger partial charge in [0.1, 0.15) is 0 Å². The van der Waals surface area contributed by atoms with Crippen LogP contribution in [0, 0.1) is 0 Å². The highest BCUT2D eigenvalue weighted by atomic mass is 32.2. The van der Waals surface area contributed by atoms with E-state index in [1.54, 1.807) is 11.8 Å². The van der Waals surface area contributed by atoms with Gasteiger partial charge in [-0.25, -0.2) is 4.79 Å². The van der Waals surface area contributed by atoms with Gasteiger partial charge < -0.3 is 14.8 Å². The van der Waals surface area contributed by atoms with Crippen molar-refractivity contribution in [1.82, 2.24) is 14.8 Å². The van der Waals surface area contributed by atoms with Crippen LogP contribution in [0.25, 0.3) is 5.69 Å². The molecule has 0 saturated heterocycles. The molecule has 1 atom stereocenters. The number of benzene rings is 2. The van der Waals surface area contributed by atoms with Gasteiger partial charge in [-0.3, -0.25) is 0 Å². The summed E-state index contributed by atoms with van der Waals surface area (Å²) in [4.78, 5) is 16.8. The highest BCUT2D eigenvalue weighted by Crippen LogP contribution is 2.37. The van der Waals surface area contributed by atoms with E-state index in [4.69, 9.17) is 0 Å². The Balaban J connectivity index is 1.60. The third-order valence-corrected chi connectivity index (χ3v) is 7.08. The van der Waals surface area contributed by atoms with E-state index in [1.807, 2.05) is 4.90 Å². The minimum Gasteiger partial charge on any atom is -0.335 e. The molecule has 1 saturated carbocycles. The molecule has 2 heterocycles. The van der Waals surface area contributed by atoms with Crippen molar-refractivity contribution in [3.8, 4) is 5.69 Å². The van der Waals surface area contributed by atoms with Crippen LogP contribution in [0.5, 0.6) is 0 Å². The Bertz CT molecular complexity index is 1040. The molecule has 5 heteroatoms. The number of thioether (sulfide) groups is 1. The van der Waals surface area contributed by atoms with Crippen molar-refractivity contribution >= 4 is 17.8 Å². The summed E-state index contributed by atoms with van der Waals surface area (Å²) in [5.41, 5.74) is 4.58. The summed E-state index contributed by atoms with van der Waals surface area (Å²) < 4.78 is 2.24. The molecule has 30 heavy (non-hydrogen) atoms. The molecule has 1 fully saturated rings. The maximum Gasteiger partial charge on any atom is 0.318 e. The van der Waals surface area contributed by atoms with Crippen LogP contribution in [0.4, 0.5) is 4.79 Å². The average Bonchev–Trinajstić information content (AvgIpc) is 3.44. The predicted octanol–water partition coefficient (Wildman–Crippen LogP) is 5.76. The molecule has 154 valence electrons. The minimum atomic E-state index is -0.135. The van der Waals surface area contributed by atoms with Gasteiger partial charge in [0.05, 0.1) is 18.3 Å². The summed E-state index contributed by atoms with van der Waals surface area (Å²) in [6.45, 7) is 0.589. The van der Waals surface area contributed by atoms with Crippen LogP contribution < -0.4 is 5.32 Å². The predicted molar refractivity (Wildman–Crippen MR) is 122 cm³/mol. The number of rotatable bonds is 3. The van der Waals surface area contributed by atoms with Crippen molar-refractivity contribution in [2.24, 2.45) is 0 Å². The van der Waals surface area contributed by atoms with Crippen LogP contribution in [0.1, 0.15) is 48.5 Å². The second-order valence-corrected chi connectivity index (χ2v) is 9.05. The lowest BCUT2D eigenvalue weighted by Crippen LogP contribution is -2.45. The maximum absolute atomic E-state index is 13.6. The molecule has 1 aliphatic heterocycles. The molecule has 0 unspecified atom stereocenters. The highest BCUT2D eigenvalue weighted by Gasteiger charge is 2.33. The molecular weight excluding hydrogens is 390 g/mol. The first-order valence-corrected chi connectivity index (χ1v) is 11.9. The first-order chi connectivity index (χ1) is 14.7. The Hall–Kier alpha value is -2.66. The summed E-state index contributed by atoms with van der Waals surface area (Å²) in [5, 5.41) is 3.33. The Labute approximate surface area is 182 Å². The highest BCUT2D eigenvalue weighted by molar-refractivity contribution is 7.98. The van der Waals surface area contributed by atoms with Crippen molar-refractivity contribution in [2.45, 2.75) is 49.2 Å². The quantitative estimate of drug-likeness (QED) is 0.551. The molecule has 3 aromatic rings. The number of carbonyl (C=O) groups excluding carboxylic acids is 1. The van der Waals surface area contributed by atoms with Crippen molar-refractivity contribution in [3.05, 3.63) is 83.7 Å². The van der Waals surface area contributed by atoms with Gasteiger partial charge in [0.25, 0.3) is 0 Å². The number of amides is 2. The van der Waals surface area contributed by atoms with Crippen LogP contribution in [0.15, 0.2) is 71.8 Å². The lowest BCUT2D eigenvalue weighted by molar-refractivity contribution is 0.176. The van der Waals surface area contributed by atoms with Crippen molar-refractivity contribution in [2.75, 3.05) is 6.26 Å². The zero-order valence-electron chi connectivity index (χ0n) is 17.3. The number of nitrogens with zero attached hydrogens (tertiary/aromatic N) is 2. The molecule has 1 N–H and O–H groups in total. The van der Waals surface area contributed by atoms with Gasteiger partial charge in [-0.2, -0.15) is 0 Å². The van der Waals surface area contributed by atoms with Crippen LogP contribution in [0.2, 0.25) is 0 Å². The second-order valence-electron chi connectivity index (χ2n) is 8.17. The van der Waals surface area contributed by atoms with E-state index in [-0.39, 0.29) is 12.1 Å². The molecule has 5 rings (SSSR count). The number of carbonyl (C=O) groups is 1. The standard InChI is InChI=1S/C25H27N3OS/c1-30-21-14-12-18(13-15-21)24-23-11-6-16-27(23)22-10-5-2-7-19(22)17-28(24)25(29)26-20-8-3-4-9-20/h2,5-7,10-16,20,24H,3-4,8-9,17H2,1H3,(H,26,29)/t24-/m0/s1. The van der Waals surface area contributed by atoms with Crippen molar-refractivity contribution < 1.29 is 4.79 Å². The van der Waals surface area contributed by atoms with Gasteiger partial charge >= 0.3 is 6.03 Å². The lowest BCUT2D eigenvalue weighted by atomic mass is 10.0. The van der Waals surface area contributed by atoms with Crippen LogP contribution >= 0.6 is 11.8 Å². The average molecular weight is 418 g/mol. The fraction of sp³-hybridized carbons (Fsp3) is 0.320. The van der Waals surface area contributed by atoms with Gasteiger partial charge in [-0.15, -0.1) is 11.8 Å². The number of nitrogens with one attached hydrogen (secondary N) is 1. The normalized spacial score (nSPS) is 18.6. The molecular formula is C25H27N3OS. The molecule has 0 spiro atoms. The van der Waals surface area contributed by atoms with E-state index >= 15 is 0 Å². The first-order valence-electron chi connectivity index (χ1n) is 10.7. The Morgan fingerprint density at radius 3 is 2.53 bits per heavy atom. The molecule has 0 radical (unpaired) electrons. The van der Waals surface area contributed by atoms with Crippen molar-refractivity contribution in [3.63, 3.8) is 0 Å². The number of hydrogen-bond donors (Lipinski definition) is 1. The molecule has 1 aliphatic carbocycles. The monoisotopic (exact) mass is 417 g/mol. The molecule has 2 aliphatic rings. The minimum absolute atomic E-state index is 0.0327. The van der Waals surface area contributed by atoms with Gasteiger partial charge in [-0.05, 0) is 60.6 Å². The zero-order chi connectivity index (χ0) is 20.5. The number of hydrogen-bond acceptors (Lipinski definition) is 2. The Kier molecular flexibility index (Phi) is 5.30. The van der Waals surface area contributed by atoms with E-state index in [0.29, 0.717) is 12.6 Å².